The molecule has 2 aromatic carbocycles. The van der Waals surface area contributed by atoms with E-state index in [-0.39, 0.29) is 22.9 Å². The van der Waals surface area contributed by atoms with Crippen molar-refractivity contribution in [2.45, 2.75) is 32.7 Å². The molecule has 0 saturated carbocycles. The highest BCUT2D eigenvalue weighted by Crippen LogP contribution is 2.25. The molecular weight excluding hydrogens is 538 g/mol. The minimum absolute atomic E-state index is 0.0782. The lowest BCUT2D eigenvalue weighted by Gasteiger charge is -2.21. The third-order valence-corrected chi connectivity index (χ3v) is 7.26. The summed E-state index contributed by atoms with van der Waals surface area (Å²) in [5.74, 6) is 6.10. The number of benzene rings is 2. The molecule has 0 radical (unpaired) electrons. The Hall–Kier alpha value is -5.75. The molecule has 9 heteroatoms. The zero-order valence-electron chi connectivity index (χ0n) is 23.9. The summed E-state index contributed by atoms with van der Waals surface area (Å²) in [6.07, 6.45) is 5.11. The fourth-order valence-corrected chi connectivity index (χ4v) is 5.07. The summed E-state index contributed by atoms with van der Waals surface area (Å²) in [7, 11) is 0. The number of fused-ring (bicyclic) bond motifs is 2. The van der Waals surface area contributed by atoms with Gasteiger partial charge in [0, 0.05) is 46.8 Å². The Balaban J connectivity index is 1.46. The molecule has 1 amide bonds. The number of hydrogen-bond acceptors (Lipinski definition) is 6. The number of hydrogen-bond donors (Lipinski definition) is 2. The number of rotatable bonds is 5. The van der Waals surface area contributed by atoms with E-state index in [4.69, 9.17) is 5.73 Å². The van der Waals surface area contributed by atoms with Crippen molar-refractivity contribution >= 4 is 28.1 Å². The zero-order chi connectivity index (χ0) is 30.1. The molecule has 0 aliphatic rings. The number of nitrogen functional groups attached to an aromatic ring is 1. The van der Waals surface area contributed by atoms with Gasteiger partial charge in [-0.1, -0.05) is 56.0 Å². The number of carbonyl (C=O) groups is 1. The van der Waals surface area contributed by atoms with Crippen LogP contribution in [0.5, 0.6) is 0 Å². The maximum Gasteiger partial charge on any atom is 0.264 e. The van der Waals surface area contributed by atoms with Gasteiger partial charge in [-0.05, 0) is 60.7 Å². The smallest absolute Gasteiger partial charge is 0.264 e. The zero-order valence-corrected chi connectivity index (χ0v) is 23.9. The van der Waals surface area contributed by atoms with E-state index in [1.54, 1.807) is 23.2 Å². The van der Waals surface area contributed by atoms with Crippen molar-refractivity contribution in [1.29, 1.82) is 0 Å². The van der Waals surface area contributed by atoms with Gasteiger partial charge in [0.1, 0.15) is 5.56 Å². The van der Waals surface area contributed by atoms with E-state index in [1.165, 1.54) is 4.52 Å². The van der Waals surface area contributed by atoms with Crippen molar-refractivity contribution in [2.24, 2.45) is 0 Å². The summed E-state index contributed by atoms with van der Waals surface area (Å²) in [6, 6.07) is 21.8. The number of carbonyl (C=O) groups excluding carboxylic acids is 1. The lowest BCUT2D eigenvalue weighted by Crippen LogP contribution is -2.32. The van der Waals surface area contributed by atoms with Crippen LogP contribution >= 0.6 is 0 Å². The highest BCUT2D eigenvalue weighted by Gasteiger charge is 2.24. The van der Waals surface area contributed by atoms with Crippen LogP contribution in [0.25, 0.3) is 22.1 Å². The van der Waals surface area contributed by atoms with Gasteiger partial charge in [-0.2, -0.15) is 0 Å². The van der Waals surface area contributed by atoms with Gasteiger partial charge in [-0.3, -0.25) is 19.1 Å². The van der Waals surface area contributed by atoms with E-state index < -0.39 is 11.9 Å². The number of anilines is 1. The van der Waals surface area contributed by atoms with Crippen LogP contribution in [0.3, 0.4) is 0 Å². The van der Waals surface area contributed by atoms with Crippen LogP contribution in [-0.4, -0.2) is 30.1 Å². The molecule has 0 saturated heterocycles. The minimum atomic E-state index is -0.584. The van der Waals surface area contributed by atoms with Crippen LogP contribution in [0, 0.1) is 11.8 Å². The molecule has 6 aromatic rings. The Labute approximate surface area is 248 Å². The molecule has 0 bridgehead atoms. The second-order valence-corrected chi connectivity index (χ2v) is 10.5. The van der Waals surface area contributed by atoms with Crippen LogP contribution in [0.2, 0.25) is 0 Å². The molecule has 212 valence electrons. The SMILES string of the molecule is CC(C)c1ccn2nc(N)c(C(=O)NC(C)c3cc4cccc(C#Cc5ccncc5)c4c(=O)n3-c3ccccc3)c2n1. The standard InChI is InChI=1S/C34H29N7O2/c1-21(2)27-16-19-40-32(38-27)30(31(35)39-40)33(42)37-22(3)28-20-25-9-7-8-24(13-12-23-14-17-36-18-15-23)29(25)34(43)41(28)26-10-5-4-6-11-26/h4-11,14-22H,1-3H3,(H2,35,39)(H,37,42). The monoisotopic (exact) mass is 567 g/mol. The summed E-state index contributed by atoms with van der Waals surface area (Å²) in [5.41, 5.74) is 10.0. The number of amides is 1. The molecule has 1 atom stereocenters. The molecule has 1 unspecified atom stereocenters. The van der Waals surface area contributed by atoms with Crippen LogP contribution in [0.15, 0.2) is 96.2 Å². The van der Waals surface area contributed by atoms with Crippen molar-refractivity contribution in [1.82, 2.24) is 29.5 Å². The molecule has 6 rings (SSSR count). The van der Waals surface area contributed by atoms with Crippen molar-refractivity contribution in [3.8, 4) is 17.5 Å². The third-order valence-electron chi connectivity index (χ3n) is 7.26. The van der Waals surface area contributed by atoms with E-state index in [1.807, 2.05) is 93.6 Å². The molecular formula is C34H29N7O2. The molecule has 4 aromatic heterocycles. The van der Waals surface area contributed by atoms with Gasteiger partial charge in [0.25, 0.3) is 11.5 Å². The summed E-state index contributed by atoms with van der Waals surface area (Å²) in [5, 5.41) is 8.53. The van der Waals surface area contributed by atoms with E-state index in [2.05, 4.69) is 32.2 Å². The van der Waals surface area contributed by atoms with Gasteiger partial charge in [0.05, 0.1) is 11.4 Å². The molecule has 4 heterocycles. The third kappa shape index (κ3) is 5.22. The first-order chi connectivity index (χ1) is 20.8. The fraction of sp³-hybridized carbons (Fsp3) is 0.147. The highest BCUT2D eigenvalue weighted by atomic mass is 16.2. The number of nitrogens with zero attached hydrogens (tertiary/aromatic N) is 5. The Morgan fingerprint density at radius 1 is 0.953 bits per heavy atom. The maximum absolute atomic E-state index is 14.3. The minimum Gasteiger partial charge on any atom is -0.381 e. The largest absolute Gasteiger partial charge is 0.381 e. The van der Waals surface area contributed by atoms with Crippen LogP contribution in [0.4, 0.5) is 5.82 Å². The van der Waals surface area contributed by atoms with Gasteiger partial charge < -0.3 is 11.1 Å². The predicted molar refractivity (Wildman–Crippen MR) is 167 cm³/mol. The number of nitrogens with two attached hydrogens (primary N) is 1. The van der Waals surface area contributed by atoms with Gasteiger partial charge in [0.2, 0.25) is 0 Å². The first-order valence-corrected chi connectivity index (χ1v) is 13.9. The van der Waals surface area contributed by atoms with Gasteiger partial charge in [-0.25, -0.2) is 9.50 Å². The number of para-hydroxylation sites is 1. The Morgan fingerprint density at radius 3 is 2.47 bits per heavy atom. The predicted octanol–water partition coefficient (Wildman–Crippen LogP) is 5.02. The van der Waals surface area contributed by atoms with E-state index in [0.29, 0.717) is 33.4 Å². The summed E-state index contributed by atoms with van der Waals surface area (Å²) >= 11 is 0. The quantitative estimate of drug-likeness (QED) is 0.282. The second-order valence-electron chi connectivity index (χ2n) is 10.5. The average Bonchev–Trinajstić information content (AvgIpc) is 3.35. The summed E-state index contributed by atoms with van der Waals surface area (Å²) in [6.45, 7) is 5.89. The van der Waals surface area contributed by atoms with Gasteiger partial charge >= 0.3 is 0 Å². The topological polar surface area (TPSA) is 120 Å². The Bertz CT molecular complexity index is 2100. The van der Waals surface area contributed by atoms with Crippen LogP contribution in [0.1, 0.15) is 65.6 Å². The number of pyridine rings is 2. The maximum atomic E-state index is 14.3. The van der Waals surface area contributed by atoms with Crippen molar-refractivity contribution in [3.63, 3.8) is 0 Å². The Kier molecular flexibility index (Phi) is 7.18. The number of nitrogens with one attached hydrogen (secondary N) is 1. The Morgan fingerprint density at radius 2 is 1.72 bits per heavy atom. The fourth-order valence-electron chi connectivity index (χ4n) is 5.07. The number of aromatic nitrogens is 5. The first kappa shape index (κ1) is 27.4. The lowest BCUT2D eigenvalue weighted by atomic mass is 10.0. The molecule has 0 aliphatic heterocycles. The molecule has 0 fully saturated rings. The second kappa shape index (κ2) is 11.3. The molecule has 43 heavy (non-hydrogen) atoms. The van der Waals surface area contributed by atoms with Gasteiger partial charge in [0.15, 0.2) is 11.5 Å². The van der Waals surface area contributed by atoms with Crippen molar-refractivity contribution < 1.29 is 4.79 Å². The van der Waals surface area contributed by atoms with E-state index >= 15 is 0 Å². The molecule has 0 aliphatic carbocycles. The highest BCUT2D eigenvalue weighted by molar-refractivity contribution is 6.04. The normalized spacial score (nSPS) is 11.8. The molecule has 0 spiro atoms. The van der Waals surface area contributed by atoms with Crippen molar-refractivity contribution in [3.05, 3.63) is 130 Å². The average molecular weight is 568 g/mol. The van der Waals surface area contributed by atoms with E-state index in [0.717, 1.165) is 11.3 Å². The van der Waals surface area contributed by atoms with Crippen LogP contribution < -0.4 is 16.6 Å². The summed E-state index contributed by atoms with van der Waals surface area (Å²) in [4.78, 5) is 36.6. The van der Waals surface area contributed by atoms with E-state index in [9.17, 15) is 9.59 Å². The van der Waals surface area contributed by atoms with Crippen molar-refractivity contribution in [2.75, 3.05) is 5.73 Å². The first-order valence-electron chi connectivity index (χ1n) is 13.9. The molecule has 9 nitrogen and oxygen atoms in total. The van der Waals surface area contributed by atoms with Crippen LogP contribution in [-0.2, 0) is 0 Å². The van der Waals surface area contributed by atoms with Gasteiger partial charge in [-0.15, -0.1) is 5.10 Å². The summed E-state index contributed by atoms with van der Waals surface area (Å²) < 4.78 is 3.13. The lowest BCUT2D eigenvalue weighted by molar-refractivity contribution is 0.0941. The molecule has 3 N–H and O–H groups in total.